The predicted molar refractivity (Wildman–Crippen MR) is 132 cm³/mol. The monoisotopic (exact) mass is 532 g/mol. The van der Waals surface area contributed by atoms with Crippen LogP contribution in [0.3, 0.4) is 0 Å². The minimum absolute atomic E-state index is 0.0673. The maximum absolute atomic E-state index is 13.1. The highest BCUT2D eigenvalue weighted by Crippen LogP contribution is 2.29. The van der Waals surface area contributed by atoms with Gasteiger partial charge in [0.2, 0.25) is 0 Å². The van der Waals surface area contributed by atoms with Crippen molar-refractivity contribution < 1.29 is 37.0 Å². The average molecular weight is 533 g/mol. The van der Waals surface area contributed by atoms with Crippen molar-refractivity contribution >= 4 is 50.8 Å². The second kappa shape index (κ2) is 11.1. The Balaban J connectivity index is 1.96. The van der Waals surface area contributed by atoms with Crippen LogP contribution in [0.25, 0.3) is 0 Å². The average Bonchev–Trinajstić information content (AvgIpc) is 2.87. The van der Waals surface area contributed by atoms with Crippen LogP contribution in [0.15, 0.2) is 65.6 Å². The van der Waals surface area contributed by atoms with E-state index in [0.717, 1.165) is 14.2 Å². The third-order valence-electron chi connectivity index (χ3n) is 4.84. The lowest BCUT2D eigenvalue weighted by molar-refractivity contribution is 0.0599. The van der Waals surface area contributed by atoms with Crippen LogP contribution in [-0.2, 0) is 19.5 Å². The van der Waals surface area contributed by atoms with Crippen molar-refractivity contribution in [2.45, 2.75) is 4.90 Å². The van der Waals surface area contributed by atoms with Gasteiger partial charge in [-0.1, -0.05) is 17.7 Å². The first kappa shape index (κ1) is 26.5. The van der Waals surface area contributed by atoms with Crippen LogP contribution in [0, 0.1) is 0 Å². The van der Waals surface area contributed by atoms with Crippen molar-refractivity contribution in [3.63, 3.8) is 0 Å². The second-order valence-electron chi connectivity index (χ2n) is 7.21. The molecule has 10 nitrogen and oxygen atoms in total. The van der Waals surface area contributed by atoms with Crippen molar-refractivity contribution in [3.05, 3.63) is 82.4 Å². The van der Waals surface area contributed by atoms with Crippen molar-refractivity contribution in [2.24, 2.45) is 0 Å². The van der Waals surface area contributed by atoms with Crippen molar-refractivity contribution in [1.29, 1.82) is 0 Å². The Bertz CT molecular complexity index is 1410. The van der Waals surface area contributed by atoms with E-state index in [4.69, 9.17) is 16.3 Å². The summed E-state index contributed by atoms with van der Waals surface area (Å²) >= 11 is 5.94. The van der Waals surface area contributed by atoms with Gasteiger partial charge in [-0.05, 0) is 54.6 Å². The Morgan fingerprint density at radius 2 is 1.44 bits per heavy atom. The smallest absolute Gasteiger partial charge is 0.337 e. The fraction of sp³-hybridized carbons (Fsp3) is 0.125. The number of carbonyl (C=O) groups is 3. The molecule has 188 valence electrons. The summed E-state index contributed by atoms with van der Waals surface area (Å²) in [6.07, 6.45) is 0. The summed E-state index contributed by atoms with van der Waals surface area (Å²) in [6.45, 7) is 0. The summed E-state index contributed by atoms with van der Waals surface area (Å²) in [4.78, 5) is 36.5. The van der Waals surface area contributed by atoms with Crippen LogP contribution < -0.4 is 14.8 Å². The van der Waals surface area contributed by atoms with E-state index in [1.54, 1.807) is 18.2 Å². The number of halogens is 1. The number of amides is 1. The molecule has 0 heterocycles. The predicted octanol–water partition coefficient (Wildman–Crippen LogP) is 3.97. The number of nitrogens with one attached hydrogen (secondary N) is 2. The molecule has 0 aliphatic rings. The molecule has 36 heavy (non-hydrogen) atoms. The topological polar surface area (TPSA) is 137 Å². The van der Waals surface area contributed by atoms with Gasteiger partial charge in [0, 0.05) is 10.6 Å². The van der Waals surface area contributed by atoms with Crippen LogP contribution in [0.4, 0.5) is 11.4 Å². The molecule has 0 aliphatic heterocycles. The van der Waals surface area contributed by atoms with Gasteiger partial charge in [-0.3, -0.25) is 9.52 Å². The molecule has 0 radical (unpaired) electrons. The Hall–Kier alpha value is -4.09. The fourth-order valence-corrected chi connectivity index (χ4v) is 4.40. The lowest BCUT2D eigenvalue weighted by Crippen LogP contribution is -2.16. The standard InChI is InChI=1S/C24H21ClN2O8S/c1-33-21-8-7-19(13-20(21)26-22(28)14-5-4-6-17(25)10-14)36(31,32)27-18-11-15(23(29)34-2)9-16(12-18)24(30)35-3/h4-13,27H,1-3H3,(H,26,28). The van der Waals surface area contributed by atoms with Crippen LogP contribution >= 0.6 is 11.6 Å². The number of methoxy groups -OCH3 is 3. The van der Waals surface area contributed by atoms with Crippen LogP contribution in [-0.4, -0.2) is 47.6 Å². The minimum atomic E-state index is -4.25. The SMILES string of the molecule is COC(=O)c1cc(NS(=O)(=O)c2ccc(OC)c(NC(=O)c3cccc(Cl)c3)c2)cc(C(=O)OC)c1. The molecule has 0 atom stereocenters. The van der Waals surface area contributed by atoms with E-state index in [2.05, 4.69) is 19.5 Å². The molecule has 0 aliphatic carbocycles. The highest BCUT2D eigenvalue weighted by molar-refractivity contribution is 7.92. The molecule has 1 amide bonds. The molecule has 3 aromatic carbocycles. The van der Waals surface area contributed by atoms with Gasteiger partial charge in [0.25, 0.3) is 15.9 Å². The maximum Gasteiger partial charge on any atom is 0.337 e. The molecule has 0 saturated heterocycles. The number of hydrogen-bond donors (Lipinski definition) is 2. The molecule has 0 fully saturated rings. The van der Waals surface area contributed by atoms with Crippen molar-refractivity contribution in [2.75, 3.05) is 31.4 Å². The van der Waals surface area contributed by atoms with Crippen molar-refractivity contribution in [1.82, 2.24) is 0 Å². The molecule has 3 aromatic rings. The Kier molecular flexibility index (Phi) is 8.18. The number of anilines is 2. The molecule has 2 N–H and O–H groups in total. The Morgan fingerprint density at radius 3 is 2.00 bits per heavy atom. The fourth-order valence-electron chi connectivity index (χ4n) is 3.15. The molecule has 0 unspecified atom stereocenters. The zero-order valence-corrected chi connectivity index (χ0v) is 20.9. The number of sulfonamides is 1. The molecule has 0 saturated carbocycles. The Labute approximate surface area is 212 Å². The largest absolute Gasteiger partial charge is 0.495 e. The number of hydrogen-bond acceptors (Lipinski definition) is 8. The van der Waals surface area contributed by atoms with Gasteiger partial charge in [-0.25, -0.2) is 18.0 Å². The number of carbonyl (C=O) groups excluding carboxylic acids is 3. The van der Waals surface area contributed by atoms with Crippen LogP contribution in [0.1, 0.15) is 31.1 Å². The molecule has 0 aromatic heterocycles. The van der Waals surface area contributed by atoms with Gasteiger partial charge < -0.3 is 19.5 Å². The quantitative estimate of drug-likeness (QED) is 0.416. The summed E-state index contributed by atoms with van der Waals surface area (Å²) in [5, 5.41) is 2.96. The highest BCUT2D eigenvalue weighted by Gasteiger charge is 2.21. The summed E-state index contributed by atoms with van der Waals surface area (Å²) in [5.41, 5.74) is 0.123. The molecule has 0 bridgehead atoms. The van der Waals surface area contributed by atoms with E-state index in [1.165, 1.54) is 49.6 Å². The highest BCUT2D eigenvalue weighted by atomic mass is 35.5. The molecule has 12 heteroatoms. The van der Waals surface area contributed by atoms with E-state index in [9.17, 15) is 22.8 Å². The van der Waals surface area contributed by atoms with E-state index in [0.29, 0.717) is 5.02 Å². The van der Waals surface area contributed by atoms with Gasteiger partial charge in [0.1, 0.15) is 5.75 Å². The first-order valence-electron chi connectivity index (χ1n) is 10.2. The summed E-state index contributed by atoms with van der Waals surface area (Å²) in [7, 11) is -0.591. The van der Waals surface area contributed by atoms with E-state index < -0.39 is 27.9 Å². The summed E-state index contributed by atoms with van der Waals surface area (Å²) in [6, 6.07) is 13.7. The third-order valence-corrected chi connectivity index (χ3v) is 6.46. The molecular weight excluding hydrogens is 512 g/mol. The van der Waals surface area contributed by atoms with Gasteiger partial charge in [0.05, 0.1) is 48.7 Å². The van der Waals surface area contributed by atoms with Crippen LogP contribution in [0.2, 0.25) is 5.02 Å². The van der Waals surface area contributed by atoms with Gasteiger partial charge >= 0.3 is 11.9 Å². The first-order valence-corrected chi connectivity index (χ1v) is 12.0. The molecular formula is C24H21ClN2O8S. The van der Waals surface area contributed by atoms with E-state index >= 15 is 0 Å². The van der Waals surface area contributed by atoms with Crippen LogP contribution in [0.5, 0.6) is 5.75 Å². The zero-order valence-electron chi connectivity index (χ0n) is 19.3. The number of esters is 2. The lowest BCUT2D eigenvalue weighted by atomic mass is 10.1. The van der Waals surface area contributed by atoms with Gasteiger partial charge in [0.15, 0.2) is 0 Å². The minimum Gasteiger partial charge on any atom is -0.495 e. The Morgan fingerprint density at radius 1 is 0.806 bits per heavy atom. The second-order valence-corrected chi connectivity index (χ2v) is 9.33. The number of ether oxygens (including phenoxy) is 3. The summed E-state index contributed by atoms with van der Waals surface area (Å²) < 4.78 is 43.2. The zero-order chi connectivity index (χ0) is 26.5. The van der Waals surface area contributed by atoms with Crippen molar-refractivity contribution in [3.8, 4) is 5.75 Å². The molecule has 0 spiro atoms. The maximum atomic E-state index is 13.1. The normalized spacial score (nSPS) is 10.8. The van der Waals surface area contributed by atoms with Gasteiger partial charge in [-0.15, -0.1) is 0 Å². The third kappa shape index (κ3) is 6.12. The van der Waals surface area contributed by atoms with E-state index in [1.807, 2.05) is 0 Å². The summed E-state index contributed by atoms with van der Waals surface area (Å²) in [5.74, 6) is -1.88. The van der Waals surface area contributed by atoms with Gasteiger partial charge in [-0.2, -0.15) is 0 Å². The van der Waals surface area contributed by atoms with E-state index in [-0.39, 0.29) is 38.7 Å². The number of benzene rings is 3. The lowest BCUT2D eigenvalue weighted by Gasteiger charge is -2.14. The number of rotatable bonds is 8. The molecule has 3 rings (SSSR count). The first-order chi connectivity index (χ1) is 17.1.